The first kappa shape index (κ1) is 9.86. The van der Waals surface area contributed by atoms with Crippen LogP contribution in [0.1, 0.15) is 22.3 Å². The summed E-state index contributed by atoms with van der Waals surface area (Å²) in [6.07, 6.45) is 0. The Hall–Kier alpha value is -1.22. The molecule has 0 amide bonds. The van der Waals surface area contributed by atoms with E-state index in [1.54, 1.807) is 0 Å². The first-order valence-electron chi connectivity index (χ1n) is 4.18. The molecule has 1 aromatic carbocycles. The molecule has 0 saturated carbocycles. The van der Waals surface area contributed by atoms with Crippen LogP contribution in [0.4, 0.5) is 0 Å². The Morgan fingerprint density at radius 2 is 1.85 bits per heavy atom. The van der Waals surface area contributed by atoms with Crippen LogP contribution in [-0.4, -0.2) is 5.11 Å². The van der Waals surface area contributed by atoms with Crippen LogP contribution >= 0.6 is 0 Å². The zero-order valence-electron chi connectivity index (χ0n) is 7.87. The smallest absolute Gasteiger partial charge is 0.106 e. The van der Waals surface area contributed by atoms with Crippen molar-refractivity contribution in [2.45, 2.75) is 27.0 Å². The molecule has 3 nitrogen and oxygen atoms in total. The maximum atomic E-state index is 10.1. The summed E-state index contributed by atoms with van der Waals surface area (Å²) in [5.41, 5.74) is 3.87. The number of aliphatic hydroxyl groups excluding tert-OH is 1. The van der Waals surface area contributed by atoms with Crippen molar-refractivity contribution in [3.63, 3.8) is 0 Å². The van der Waals surface area contributed by atoms with Gasteiger partial charge in [0.15, 0.2) is 0 Å². The Kier molecular flexibility index (Phi) is 3.14. The average molecular weight is 179 g/mol. The molecule has 0 aliphatic heterocycles. The molecule has 0 bridgehead atoms. The summed E-state index contributed by atoms with van der Waals surface area (Å²) in [4.78, 5) is 10.1. The molecule has 1 rings (SSSR count). The molecule has 0 aliphatic rings. The third kappa shape index (κ3) is 2.12. The van der Waals surface area contributed by atoms with Gasteiger partial charge in [0.2, 0.25) is 0 Å². The Morgan fingerprint density at radius 3 is 2.23 bits per heavy atom. The molecule has 0 saturated heterocycles. The van der Waals surface area contributed by atoms with Crippen LogP contribution in [0, 0.1) is 18.8 Å². The second-order valence-electron chi connectivity index (χ2n) is 3.15. The minimum atomic E-state index is 0.0481. The lowest BCUT2D eigenvalue weighted by Crippen LogP contribution is -1.95. The normalized spacial score (nSPS) is 10.1. The SMILES string of the molecule is Cc1cc(CN=O)cc(C)c1CO. The molecule has 1 aromatic rings. The molecule has 0 fully saturated rings. The van der Waals surface area contributed by atoms with Crippen molar-refractivity contribution >= 4 is 0 Å². The Labute approximate surface area is 77.4 Å². The van der Waals surface area contributed by atoms with Crippen LogP contribution in [0.5, 0.6) is 0 Å². The highest BCUT2D eigenvalue weighted by molar-refractivity contribution is 5.37. The fourth-order valence-electron chi connectivity index (χ4n) is 1.50. The van der Waals surface area contributed by atoms with Crippen molar-refractivity contribution in [2.75, 3.05) is 0 Å². The van der Waals surface area contributed by atoms with E-state index in [0.29, 0.717) is 0 Å². The molecular weight excluding hydrogens is 166 g/mol. The van der Waals surface area contributed by atoms with Gasteiger partial charge in [-0.25, -0.2) is 0 Å². The summed E-state index contributed by atoms with van der Waals surface area (Å²) >= 11 is 0. The predicted molar refractivity (Wildman–Crippen MR) is 51.3 cm³/mol. The highest BCUT2D eigenvalue weighted by Gasteiger charge is 2.03. The lowest BCUT2D eigenvalue weighted by molar-refractivity contribution is 0.280. The van der Waals surface area contributed by atoms with Crippen molar-refractivity contribution in [3.05, 3.63) is 39.3 Å². The number of nitrogens with zero attached hydrogens (tertiary/aromatic N) is 1. The highest BCUT2D eigenvalue weighted by atomic mass is 16.3. The van der Waals surface area contributed by atoms with E-state index < -0.39 is 0 Å². The Bertz CT molecular complexity index is 298. The topological polar surface area (TPSA) is 49.7 Å². The molecule has 3 heteroatoms. The van der Waals surface area contributed by atoms with Gasteiger partial charge in [0.05, 0.1) is 6.61 Å². The summed E-state index contributed by atoms with van der Waals surface area (Å²) < 4.78 is 0. The van der Waals surface area contributed by atoms with Gasteiger partial charge in [-0.2, -0.15) is 4.91 Å². The molecule has 0 aliphatic carbocycles. The number of hydrogen-bond donors (Lipinski definition) is 1. The van der Waals surface area contributed by atoms with Crippen molar-refractivity contribution in [1.82, 2.24) is 0 Å². The quantitative estimate of drug-likeness (QED) is 0.722. The zero-order valence-corrected chi connectivity index (χ0v) is 7.87. The van der Waals surface area contributed by atoms with E-state index in [1.165, 1.54) is 0 Å². The molecule has 13 heavy (non-hydrogen) atoms. The molecule has 0 atom stereocenters. The third-order valence-corrected chi connectivity index (χ3v) is 2.16. The maximum absolute atomic E-state index is 10.1. The van der Waals surface area contributed by atoms with Gasteiger partial charge in [-0.05, 0) is 36.1 Å². The van der Waals surface area contributed by atoms with Crippen molar-refractivity contribution in [1.29, 1.82) is 0 Å². The fraction of sp³-hybridized carbons (Fsp3) is 0.400. The van der Waals surface area contributed by atoms with Crippen molar-refractivity contribution in [2.24, 2.45) is 5.18 Å². The van der Waals surface area contributed by atoms with Crippen LogP contribution in [0.25, 0.3) is 0 Å². The van der Waals surface area contributed by atoms with Crippen molar-refractivity contribution in [3.8, 4) is 0 Å². The minimum Gasteiger partial charge on any atom is -0.392 e. The monoisotopic (exact) mass is 179 g/mol. The van der Waals surface area contributed by atoms with Gasteiger partial charge in [-0.1, -0.05) is 17.3 Å². The lowest BCUT2D eigenvalue weighted by atomic mass is 10.00. The van der Waals surface area contributed by atoms with Gasteiger partial charge in [-0.3, -0.25) is 0 Å². The Morgan fingerprint density at radius 1 is 1.31 bits per heavy atom. The number of rotatable bonds is 3. The molecule has 0 spiro atoms. The summed E-state index contributed by atoms with van der Waals surface area (Å²) in [6, 6.07) is 3.78. The number of benzene rings is 1. The van der Waals surface area contributed by atoms with Gasteiger partial charge in [-0.15, -0.1) is 0 Å². The third-order valence-electron chi connectivity index (χ3n) is 2.16. The number of aryl methyl sites for hydroxylation is 2. The second-order valence-corrected chi connectivity index (χ2v) is 3.15. The summed E-state index contributed by atoms with van der Waals surface area (Å²) in [6.45, 7) is 4.10. The first-order valence-corrected chi connectivity index (χ1v) is 4.18. The summed E-state index contributed by atoms with van der Waals surface area (Å²) in [5, 5.41) is 11.9. The van der Waals surface area contributed by atoms with Crippen LogP contribution in [0.15, 0.2) is 17.3 Å². The van der Waals surface area contributed by atoms with E-state index in [-0.39, 0.29) is 13.2 Å². The number of nitroso groups, excluding NO2 is 1. The standard InChI is InChI=1S/C10H13NO2/c1-7-3-9(5-11-13)4-8(2)10(7)6-12/h3-4,12H,5-6H2,1-2H3. The predicted octanol–water partition coefficient (Wildman–Crippen LogP) is 2.06. The van der Waals surface area contributed by atoms with Crippen molar-refractivity contribution < 1.29 is 5.11 Å². The first-order chi connectivity index (χ1) is 6.19. The fourth-order valence-corrected chi connectivity index (χ4v) is 1.50. The van der Waals surface area contributed by atoms with E-state index in [2.05, 4.69) is 5.18 Å². The second kappa shape index (κ2) is 4.14. The number of aliphatic hydroxyl groups is 1. The molecule has 0 aromatic heterocycles. The molecule has 1 N–H and O–H groups in total. The molecular formula is C10H13NO2. The summed E-state index contributed by atoms with van der Waals surface area (Å²) in [5.74, 6) is 0. The average Bonchev–Trinajstić information content (AvgIpc) is 2.04. The summed E-state index contributed by atoms with van der Waals surface area (Å²) in [7, 11) is 0. The van der Waals surface area contributed by atoms with E-state index >= 15 is 0 Å². The van der Waals surface area contributed by atoms with Crippen LogP contribution in [0.3, 0.4) is 0 Å². The molecule has 0 unspecified atom stereocenters. The lowest BCUT2D eigenvalue weighted by Gasteiger charge is -2.08. The zero-order chi connectivity index (χ0) is 9.84. The molecule has 0 radical (unpaired) electrons. The van der Waals surface area contributed by atoms with Gasteiger partial charge in [0.1, 0.15) is 6.54 Å². The van der Waals surface area contributed by atoms with Gasteiger partial charge >= 0.3 is 0 Å². The number of hydrogen-bond acceptors (Lipinski definition) is 3. The van der Waals surface area contributed by atoms with Crippen LogP contribution < -0.4 is 0 Å². The van der Waals surface area contributed by atoms with Crippen LogP contribution in [-0.2, 0) is 13.2 Å². The van der Waals surface area contributed by atoms with Gasteiger partial charge in [0.25, 0.3) is 0 Å². The molecule has 0 heterocycles. The molecule has 70 valence electrons. The van der Waals surface area contributed by atoms with Crippen LogP contribution in [0.2, 0.25) is 0 Å². The van der Waals surface area contributed by atoms with Gasteiger partial charge < -0.3 is 5.11 Å². The van der Waals surface area contributed by atoms with Gasteiger partial charge in [0, 0.05) is 0 Å². The van der Waals surface area contributed by atoms with E-state index in [4.69, 9.17) is 5.11 Å². The van der Waals surface area contributed by atoms with E-state index in [9.17, 15) is 4.91 Å². The minimum absolute atomic E-state index is 0.0481. The maximum Gasteiger partial charge on any atom is 0.106 e. The highest BCUT2D eigenvalue weighted by Crippen LogP contribution is 2.17. The van der Waals surface area contributed by atoms with E-state index in [1.807, 2.05) is 26.0 Å². The largest absolute Gasteiger partial charge is 0.392 e. The van der Waals surface area contributed by atoms with E-state index in [0.717, 1.165) is 22.3 Å². The Balaban J connectivity index is 3.12.